The van der Waals surface area contributed by atoms with Crippen LogP contribution in [-0.4, -0.2) is 41.3 Å². The number of carbonyl (C=O) groups is 2. The zero-order valence-corrected chi connectivity index (χ0v) is 16.8. The molecule has 7 heteroatoms. The maximum Gasteiger partial charge on any atom is 0.340 e. The van der Waals surface area contributed by atoms with Gasteiger partial charge in [0, 0.05) is 31.0 Å². The molecule has 2 aromatic rings. The van der Waals surface area contributed by atoms with E-state index >= 15 is 0 Å². The average Bonchev–Trinajstić information content (AvgIpc) is 3.27. The van der Waals surface area contributed by atoms with Gasteiger partial charge in [-0.1, -0.05) is 6.07 Å². The molecule has 7 nitrogen and oxygen atoms in total. The summed E-state index contributed by atoms with van der Waals surface area (Å²) in [4.78, 5) is 26.6. The van der Waals surface area contributed by atoms with Crippen LogP contribution in [0.3, 0.4) is 0 Å². The molecular formula is C21H26N2O5. The Morgan fingerprint density at radius 1 is 1.14 bits per heavy atom. The highest BCUT2D eigenvalue weighted by atomic mass is 16.7. The number of ether oxygens (including phenoxy) is 3. The Labute approximate surface area is 164 Å². The number of amides is 1. The van der Waals surface area contributed by atoms with Crippen LogP contribution in [0.15, 0.2) is 24.3 Å². The molecule has 0 bridgehead atoms. The van der Waals surface area contributed by atoms with Gasteiger partial charge in [0.15, 0.2) is 18.1 Å². The number of esters is 1. The third-order valence-electron chi connectivity index (χ3n) is 4.98. The van der Waals surface area contributed by atoms with E-state index in [9.17, 15) is 9.59 Å². The SMILES string of the molecule is CCN(Cc1ccc2c(c1)OCO2)C(=O)COC(=O)c1cc(C)n(CC)c1C. The summed E-state index contributed by atoms with van der Waals surface area (Å²) in [6.07, 6.45) is 0. The van der Waals surface area contributed by atoms with Crippen LogP contribution in [0.4, 0.5) is 0 Å². The highest BCUT2D eigenvalue weighted by molar-refractivity contribution is 5.92. The van der Waals surface area contributed by atoms with Gasteiger partial charge in [0.25, 0.3) is 5.91 Å². The van der Waals surface area contributed by atoms with Gasteiger partial charge >= 0.3 is 5.97 Å². The van der Waals surface area contributed by atoms with E-state index in [4.69, 9.17) is 14.2 Å². The van der Waals surface area contributed by atoms with Crippen LogP contribution in [0.2, 0.25) is 0 Å². The van der Waals surface area contributed by atoms with Crippen LogP contribution < -0.4 is 9.47 Å². The quantitative estimate of drug-likeness (QED) is 0.684. The number of rotatable bonds is 7. The Morgan fingerprint density at radius 3 is 2.57 bits per heavy atom. The first-order valence-electron chi connectivity index (χ1n) is 9.44. The first kappa shape index (κ1) is 19.8. The van der Waals surface area contributed by atoms with Gasteiger partial charge in [0.05, 0.1) is 5.56 Å². The molecule has 0 saturated carbocycles. The van der Waals surface area contributed by atoms with Crippen molar-refractivity contribution in [1.29, 1.82) is 0 Å². The molecule has 1 aromatic carbocycles. The number of aryl methyl sites for hydroxylation is 1. The Morgan fingerprint density at radius 2 is 1.89 bits per heavy atom. The van der Waals surface area contributed by atoms with Crippen molar-refractivity contribution >= 4 is 11.9 Å². The molecule has 3 rings (SSSR count). The molecule has 150 valence electrons. The molecule has 0 saturated heterocycles. The largest absolute Gasteiger partial charge is 0.454 e. The van der Waals surface area contributed by atoms with Crippen molar-refractivity contribution in [3.05, 3.63) is 46.8 Å². The smallest absolute Gasteiger partial charge is 0.340 e. The number of fused-ring (bicyclic) bond motifs is 1. The summed E-state index contributed by atoms with van der Waals surface area (Å²) in [5.41, 5.74) is 3.28. The van der Waals surface area contributed by atoms with Crippen molar-refractivity contribution in [2.45, 2.75) is 40.8 Å². The van der Waals surface area contributed by atoms with Crippen molar-refractivity contribution in [3.8, 4) is 11.5 Å². The van der Waals surface area contributed by atoms with Crippen molar-refractivity contribution in [2.24, 2.45) is 0 Å². The minimum Gasteiger partial charge on any atom is -0.454 e. The summed E-state index contributed by atoms with van der Waals surface area (Å²) < 4.78 is 18.0. The third kappa shape index (κ3) is 3.98. The first-order valence-corrected chi connectivity index (χ1v) is 9.44. The van der Waals surface area contributed by atoms with Crippen molar-refractivity contribution in [2.75, 3.05) is 19.9 Å². The van der Waals surface area contributed by atoms with Crippen LogP contribution in [0.1, 0.15) is 41.2 Å². The number of benzene rings is 1. The summed E-state index contributed by atoms with van der Waals surface area (Å²) in [5, 5.41) is 0. The lowest BCUT2D eigenvalue weighted by molar-refractivity contribution is -0.134. The normalized spacial score (nSPS) is 12.1. The van der Waals surface area contributed by atoms with E-state index in [1.165, 1.54) is 0 Å². The maximum atomic E-state index is 12.5. The average molecular weight is 386 g/mol. The van der Waals surface area contributed by atoms with Gasteiger partial charge in [-0.2, -0.15) is 0 Å². The van der Waals surface area contributed by atoms with Gasteiger partial charge in [0.1, 0.15) is 0 Å². The number of hydrogen-bond donors (Lipinski definition) is 0. The summed E-state index contributed by atoms with van der Waals surface area (Å²) in [5.74, 6) is 0.675. The second-order valence-corrected chi connectivity index (χ2v) is 6.70. The van der Waals surface area contributed by atoms with Crippen LogP contribution in [0.5, 0.6) is 11.5 Å². The molecule has 1 aliphatic heterocycles. The Kier molecular flexibility index (Phi) is 5.92. The molecule has 0 unspecified atom stereocenters. The monoisotopic (exact) mass is 386 g/mol. The van der Waals surface area contributed by atoms with E-state index in [1.807, 2.05) is 50.5 Å². The molecule has 0 fully saturated rings. The van der Waals surface area contributed by atoms with E-state index in [1.54, 1.807) is 11.0 Å². The summed E-state index contributed by atoms with van der Waals surface area (Å²) in [7, 11) is 0. The van der Waals surface area contributed by atoms with E-state index < -0.39 is 5.97 Å². The van der Waals surface area contributed by atoms with Crippen LogP contribution in [0.25, 0.3) is 0 Å². The molecule has 0 aliphatic carbocycles. The topological polar surface area (TPSA) is 70.0 Å². The molecule has 28 heavy (non-hydrogen) atoms. The van der Waals surface area contributed by atoms with Crippen LogP contribution in [-0.2, 0) is 22.6 Å². The van der Waals surface area contributed by atoms with Gasteiger partial charge in [-0.05, 0) is 51.5 Å². The maximum absolute atomic E-state index is 12.5. The summed E-state index contributed by atoms with van der Waals surface area (Å²) >= 11 is 0. The fraction of sp³-hybridized carbons (Fsp3) is 0.429. The van der Waals surface area contributed by atoms with E-state index in [-0.39, 0.29) is 19.3 Å². The number of aromatic nitrogens is 1. The highest BCUT2D eigenvalue weighted by Crippen LogP contribution is 2.32. The van der Waals surface area contributed by atoms with Crippen molar-refractivity contribution < 1.29 is 23.8 Å². The minimum absolute atomic E-state index is 0.212. The van der Waals surface area contributed by atoms with Crippen molar-refractivity contribution in [1.82, 2.24) is 9.47 Å². The summed E-state index contributed by atoms with van der Waals surface area (Å²) in [6.45, 7) is 9.37. The third-order valence-corrected chi connectivity index (χ3v) is 4.98. The van der Waals surface area contributed by atoms with Gasteiger partial charge in [-0.15, -0.1) is 0 Å². The Hall–Kier alpha value is -2.96. The molecule has 1 amide bonds. The molecule has 0 radical (unpaired) electrons. The van der Waals surface area contributed by atoms with E-state index in [2.05, 4.69) is 0 Å². The molecule has 0 atom stereocenters. The lowest BCUT2D eigenvalue weighted by Gasteiger charge is -2.21. The van der Waals surface area contributed by atoms with Gasteiger partial charge in [-0.3, -0.25) is 4.79 Å². The van der Waals surface area contributed by atoms with Gasteiger partial charge in [-0.25, -0.2) is 4.79 Å². The van der Waals surface area contributed by atoms with E-state index in [0.717, 1.165) is 23.5 Å². The van der Waals surface area contributed by atoms with Gasteiger partial charge in [0.2, 0.25) is 6.79 Å². The van der Waals surface area contributed by atoms with Crippen molar-refractivity contribution in [3.63, 3.8) is 0 Å². The predicted molar refractivity (Wildman–Crippen MR) is 104 cm³/mol. The molecule has 0 N–H and O–H groups in total. The number of likely N-dealkylation sites (N-methyl/N-ethyl adjacent to an activating group) is 1. The van der Waals surface area contributed by atoms with E-state index in [0.29, 0.717) is 30.2 Å². The molecule has 1 aromatic heterocycles. The highest BCUT2D eigenvalue weighted by Gasteiger charge is 2.20. The molecule has 2 heterocycles. The lowest BCUT2D eigenvalue weighted by atomic mass is 10.2. The number of carbonyl (C=O) groups excluding carboxylic acids is 2. The minimum atomic E-state index is -0.472. The fourth-order valence-electron chi connectivity index (χ4n) is 3.43. The molecule has 0 spiro atoms. The lowest BCUT2D eigenvalue weighted by Crippen LogP contribution is -2.34. The number of hydrogen-bond acceptors (Lipinski definition) is 5. The molecular weight excluding hydrogens is 360 g/mol. The fourth-order valence-corrected chi connectivity index (χ4v) is 3.43. The van der Waals surface area contributed by atoms with Gasteiger partial charge < -0.3 is 23.7 Å². The zero-order chi connectivity index (χ0) is 20.3. The van der Waals surface area contributed by atoms with Crippen LogP contribution >= 0.6 is 0 Å². The Bertz CT molecular complexity index is 887. The first-order chi connectivity index (χ1) is 13.4. The molecule has 1 aliphatic rings. The second kappa shape index (κ2) is 8.37. The standard InChI is InChI=1S/C21H26N2O5/c1-5-22(11-16-7-8-18-19(10-16)28-13-27-18)20(24)12-26-21(25)17-9-14(3)23(6-2)15(17)4/h7-10H,5-6,11-13H2,1-4H3. The second-order valence-electron chi connectivity index (χ2n) is 6.70. The van der Waals surface area contributed by atoms with Crippen LogP contribution in [0, 0.1) is 13.8 Å². The zero-order valence-electron chi connectivity index (χ0n) is 16.8. The number of nitrogens with zero attached hydrogens (tertiary/aromatic N) is 2. The summed E-state index contributed by atoms with van der Waals surface area (Å²) in [6, 6.07) is 7.40. The Balaban J connectivity index is 1.60. The predicted octanol–water partition coefficient (Wildman–Crippen LogP) is 3.06.